The fourth-order valence-electron chi connectivity index (χ4n) is 3.42. The van der Waals surface area contributed by atoms with E-state index in [-0.39, 0.29) is 18.9 Å². The van der Waals surface area contributed by atoms with Crippen LogP contribution in [-0.2, 0) is 23.9 Å². The Labute approximate surface area is 194 Å². The first-order valence-corrected chi connectivity index (χ1v) is 11.7. The zero-order valence-electron chi connectivity index (χ0n) is 18.3. The summed E-state index contributed by atoms with van der Waals surface area (Å²) >= 11 is 16.9. The Hall–Kier alpha value is -0.720. The molecule has 6 nitrogen and oxygen atoms in total. The number of hydrogen-bond donors (Lipinski definition) is 0. The number of nitrogens with zero attached hydrogens (tertiary/aromatic N) is 1. The molecule has 0 spiro atoms. The van der Waals surface area contributed by atoms with Crippen LogP contribution in [0.4, 0.5) is 0 Å². The molecule has 0 bridgehead atoms. The summed E-state index contributed by atoms with van der Waals surface area (Å²) in [4.78, 5) is 39.9. The highest BCUT2D eigenvalue weighted by atomic mass is 35.6. The summed E-state index contributed by atoms with van der Waals surface area (Å²) in [6, 6.07) is -0.628. The molecule has 30 heavy (non-hydrogen) atoms. The molecular formula is C21H34Cl3NO5. The molecule has 174 valence electrons. The van der Waals surface area contributed by atoms with Crippen molar-refractivity contribution in [2.75, 3.05) is 13.2 Å². The Morgan fingerprint density at radius 3 is 2.33 bits per heavy atom. The topological polar surface area (TPSA) is 72.9 Å². The van der Waals surface area contributed by atoms with Gasteiger partial charge < -0.3 is 14.4 Å². The summed E-state index contributed by atoms with van der Waals surface area (Å²) < 4.78 is 8.85. The molecule has 0 aromatic rings. The molecule has 1 aliphatic heterocycles. The highest BCUT2D eigenvalue weighted by Crippen LogP contribution is 2.28. The maximum absolute atomic E-state index is 13.3. The Bertz CT molecular complexity index is 586. The highest BCUT2D eigenvalue weighted by molar-refractivity contribution is 6.67. The van der Waals surface area contributed by atoms with E-state index < -0.39 is 33.3 Å². The molecule has 0 aliphatic carbocycles. The number of piperidine rings is 1. The van der Waals surface area contributed by atoms with Gasteiger partial charge in [-0.3, -0.25) is 9.59 Å². The van der Waals surface area contributed by atoms with Gasteiger partial charge in [0.05, 0.1) is 6.42 Å². The van der Waals surface area contributed by atoms with E-state index in [9.17, 15) is 14.4 Å². The minimum absolute atomic E-state index is 0.110. The maximum Gasteiger partial charge on any atom is 0.329 e. The largest absolute Gasteiger partial charge is 0.461 e. The number of halogens is 3. The second-order valence-corrected chi connectivity index (χ2v) is 11.3. The smallest absolute Gasteiger partial charge is 0.329 e. The molecular weight excluding hydrogens is 453 g/mol. The molecule has 1 saturated heterocycles. The Kier molecular flexibility index (Phi) is 11.2. The van der Waals surface area contributed by atoms with Crippen molar-refractivity contribution in [3.63, 3.8) is 0 Å². The van der Waals surface area contributed by atoms with E-state index in [2.05, 4.69) is 6.92 Å². The first kappa shape index (κ1) is 27.3. The number of amides is 1. The van der Waals surface area contributed by atoms with Gasteiger partial charge in [-0.05, 0) is 46.5 Å². The number of rotatable bonds is 9. The quantitative estimate of drug-likeness (QED) is 0.254. The van der Waals surface area contributed by atoms with Gasteiger partial charge in [-0.2, -0.15) is 0 Å². The number of hydrogen-bond acceptors (Lipinski definition) is 5. The predicted octanol–water partition coefficient (Wildman–Crippen LogP) is 5.21. The summed E-state index contributed by atoms with van der Waals surface area (Å²) in [7, 11) is 0. The molecule has 0 N–H and O–H groups in total. The third kappa shape index (κ3) is 10.5. The third-order valence-corrected chi connectivity index (χ3v) is 5.11. The fourth-order valence-corrected chi connectivity index (χ4v) is 3.58. The van der Waals surface area contributed by atoms with Crippen LogP contribution in [0.25, 0.3) is 0 Å². The van der Waals surface area contributed by atoms with Crippen molar-refractivity contribution in [3.8, 4) is 0 Å². The van der Waals surface area contributed by atoms with E-state index >= 15 is 0 Å². The van der Waals surface area contributed by atoms with Gasteiger partial charge in [-0.15, -0.1) is 0 Å². The molecule has 1 fully saturated rings. The molecule has 1 aliphatic rings. The number of ether oxygens (including phenoxy) is 2. The van der Waals surface area contributed by atoms with Crippen molar-refractivity contribution in [3.05, 3.63) is 0 Å². The van der Waals surface area contributed by atoms with Crippen LogP contribution in [0.5, 0.6) is 0 Å². The lowest BCUT2D eigenvalue weighted by atomic mass is 9.93. The Morgan fingerprint density at radius 2 is 1.77 bits per heavy atom. The van der Waals surface area contributed by atoms with Gasteiger partial charge in [-0.1, -0.05) is 61.0 Å². The van der Waals surface area contributed by atoms with Gasteiger partial charge in [0.25, 0.3) is 0 Å². The van der Waals surface area contributed by atoms with Crippen molar-refractivity contribution in [2.45, 2.75) is 94.5 Å². The number of unbranched alkanes of at least 4 members (excludes halogenated alkanes) is 2. The average Bonchev–Trinajstić information content (AvgIpc) is 2.63. The lowest BCUT2D eigenvalue weighted by Crippen LogP contribution is -2.52. The van der Waals surface area contributed by atoms with Crippen LogP contribution in [0.2, 0.25) is 0 Å². The summed E-state index contributed by atoms with van der Waals surface area (Å²) in [5.74, 6) is -1.79. The van der Waals surface area contributed by atoms with Crippen LogP contribution in [0.3, 0.4) is 0 Å². The number of likely N-dealkylation sites (tertiary alicyclic amines) is 1. The van der Waals surface area contributed by atoms with Crippen molar-refractivity contribution in [1.29, 1.82) is 0 Å². The summed E-state index contributed by atoms with van der Waals surface area (Å²) in [6.07, 6.45) is 5.37. The third-order valence-electron chi connectivity index (χ3n) is 4.78. The summed E-state index contributed by atoms with van der Waals surface area (Å²) in [6.45, 7) is 7.55. The Balaban J connectivity index is 2.90. The van der Waals surface area contributed by atoms with Gasteiger partial charge in [-0.25, -0.2) is 4.79 Å². The van der Waals surface area contributed by atoms with Crippen molar-refractivity contribution in [2.24, 2.45) is 5.92 Å². The molecule has 1 amide bonds. The predicted molar refractivity (Wildman–Crippen MR) is 119 cm³/mol. The average molecular weight is 487 g/mol. The lowest BCUT2D eigenvalue weighted by Gasteiger charge is -2.37. The Morgan fingerprint density at radius 1 is 1.10 bits per heavy atom. The second kappa shape index (κ2) is 12.4. The van der Waals surface area contributed by atoms with E-state index in [1.54, 1.807) is 25.7 Å². The maximum atomic E-state index is 13.3. The first-order chi connectivity index (χ1) is 13.8. The molecule has 9 heteroatoms. The molecule has 0 aromatic carbocycles. The number of alkyl halides is 3. The summed E-state index contributed by atoms with van der Waals surface area (Å²) in [5, 5.41) is 0. The number of carbonyl (C=O) groups is 3. The SMILES string of the molecule is CCCCC[C@H](CC(=O)OCC(Cl)(Cl)Cl)C(=O)N1CCCC[C@H]1C(=O)OC(C)(C)C. The van der Waals surface area contributed by atoms with Gasteiger partial charge in [0.1, 0.15) is 18.2 Å². The molecule has 0 aromatic heterocycles. The molecule has 0 unspecified atom stereocenters. The van der Waals surface area contributed by atoms with Crippen LogP contribution in [0.15, 0.2) is 0 Å². The number of esters is 2. The zero-order valence-corrected chi connectivity index (χ0v) is 20.6. The highest BCUT2D eigenvalue weighted by Gasteiger charge is 2.38. The van der Waals surface area contributed by atoms with Crippen LogP contribution in [-0.4, -0.2) is 51.3 Å². The molecule has 2 atom stereocenters. The van der Waals surface area contributed by atoms with Gasteiger partial charge >= 0.3 is 11.9 Å². The fraction of sp³-hybridized carbons (Fsp3) is 0.857. The van der Waals surface area contributed by atoms with E-state index in [1.165, 1.54) is 0 Å². The van der Waals surface area contributed by atoms with E-state index in [0.717, 1.165) is 32.1 Å². The van der Waals surface area contributed by atoms with Crippen LogP contribution in [0.1, 0.15) is 79.1 Å². The molecule has 1 heterocycles. The van der Waals surface area contributed by atoms with Crippen LogP contribution in [0, 0.1) is 5.92 Å². The van der Waals surface area contributed by atoms with Crippen molar-refractivity contribution >= 4 is 52.6 Å². The minimum atomic E-state index is -1.70. The number of carbonyl (C=O) groups excluding carboxylic acids is 3. The zero-order chi connectivity index (χ0) is 22.9. The van der Waals surface area contributed by atoms with E-state index in [0.29, 0.717) is 19.4 Å². The van der Waals surface area contributed by atoms with Gasteiger partial charge in [0.15, 0.2) is 0 Å². The molecule has 1 rings (SSSR count). The lowest BCUT2D eigenvalue weighted by molar-refractivity contribution is -0.168. The van der Waals surface area contributed by atoms with Gasteiger partial charge in [0, 0.05) is 12.5 Å². The minimum Gasteiger partial charge on any atom is -0.461 e. The first-order valence-electron chi connectivity index (χ1n) is 10.6. The van der Waals surface area contributed by atoms with Crippen LogP contribution < -0.4 is 0 Å². The second-order valence-electron chi connectivity index (χ2n) is 8.75. The molecule has 0 radical (unpaired) electrons. The molecule has 0 saturated carbocycles. The van der Waals surface area contributed by atoms with Crippen LogP contribution >= 0.6 is 34.8 Å². The normalized spacial score (nSPS) is 18.6. The standard InChI is InChI=1S/C21H34Cl3NO5/c1-5-6-7-10-15(13-17(26)29-14-21(22,23)24)18(27)25-12-9-8-11-16(25)19(28)30-20(2,3)4/h15-16H,5-14H2,1-4H3/t15-,16+/m1/s1. The summed E-state index contributed by atoms with van der Waals surface area (Å²) in [5.41, 5.74) is -0.634. The van der Waals surface area contributed by atoms with Crippen molar-refractivity contribution in [1.82, 2.24) is 4.90 Å². The monoisotopic (exact) mass is 485 g/mol. The van der Waals surface area contributed by atoms with Crippen molar-refractivity contribution < 1.29 is 23.9 Å². The van der Waals surface area contributed by atoms with E-state index in [4.69, 9.17) is 44.3 Å². The van der Waals surface area contributed by atoms with E-state index in [1.807, 2.05) is 0 Å². The van der Waals surface area contributed by atoms with Gasteiger partial charge in [0.2, 0.25) is 9.70 Å².